The van der Waals surface area contributed by atoms with Gasteiger partial charge in [0.1, 0.15) is 10.00 Å². The van der Waals surface area contributed by atoms with Gasteiger partial charge in [0.05, 0.1) is 17.2 Å². The molecule has 0 unspecified atom stereocenters. The lowest BCUT2D eigenvalue weighted by molar-refractivity contribution is 0.184. The Morgan fingerprint density at radius 2 is 2.36 bits per heavy atom. The summed E-state index contributed by atoms with van der Waals surface area (Å²) >= 11 is 6.50. The predicted octanol–water partition coefficient (Wildman–Crippen LogP) is 1.88. The van der Waals surface area contributed by atoms with Crippen molar-refractivity contribution in [3.05, 3.63) is 15.6 Å². The number of nitrogens with zero attached hydrogens (tertiary/aromatic N) is 1. The molecular weight excluding hydrogens is 216 g/mol. The second-order valence-corrected chi connectivity index (χ2v) is 4.45. The van der Waals surface area contributed by atoms with Gasteiger partial charge in [0.25, 0.3) is 0 Å². The number of nitrogens with two attached hydrogens (primary N) is 1. The minimum absolute atomic E-state index is 0.438. The summed E-state index contributed by atoms with van der Waals surface area (Å²) in [6.45, 7) is 2.64. The molecule has 0 fully saturated rings. The summed E-state index contributed by atoms with van der Waals surface area (Å²) in [5.41, 5.74) is 6.63. The first-order chi connectivity index (χ1) is 6.69. The Hall–Kier alpha value is -0.520. The number of aryl methyl sites for hydroxylation is 1. The van der Waals surface area contributed by atoms with Gasteiger partial charge in [-0.2, -0.15) is 0 Å². The van der Waals surface area contributed by atoms with Gasteiger partial charge >= 0.3 is 0 Å². The highest BCUT2D eigenvalue weighted by Crippen LogP contribution is 2.20. The van der Waals surface area contributed by atoms with Gasteiger partial charge in [-0.15, -0.1) is 11.3 Å². The Balaban J connectivity index is 2.93. The van der Waals surface area contributed by atoms with Gasteiger partial charge in [0.15, 0.2) is 0 Å². The maximum atomic E-state index is 5.62. The number of aromatic nitrogens is 1. The largest absolute Gasteiger partial charge is 0.389 e. The first-order valence-electron chi connectivity index (χ1n) is 4.46. The van der Waals surface area contributed by atoms with E-state index in [1.807, 2.05) is 0 Å². The summed E-state index contributed by atoms with van der Waals surface area (Å²) in [7, 11) is 1.65. The minimum Gasteiger partial charge on any atom is -0.389 e. The molecule has 2 N–H and O–H groups in total. The number of hydrogen-bond donors (Lipinski definition) is 1. The van der Waals surface area contributed by atoms with Gasteiger partial charge < -0.3 is 10.5 Å². The molecule has 14 heavy (non-hydrogen) atoms. The molecule has 3 nitrogen and oxygen atoms in total. The number of thiazole rings is 1. The van der Waals surface area contributed by atoms with Crippen LogP contribution < -0.4 is 5.73 Å². The van der Waals surface area contributed by atoms with E-state index in [-0.39, 0.29) is 0 Å². The van der Waals surface area contributed by atoms with Crippen LogP contribution in [-0.4, -0.2) is 17.1 Å². The monoisotopic (exact) mass is 230 g/mol. The fourth-order valence-electron chi connectivity index (χ4n) is 1.18. The minimum atomic E-state index is 0.438. The highest BCUT2D eigenvalue weighted by molar-refractivity contribution is 7.81. The number of hydrogen-bond acceptors (Lipinski definition) is 4. The molecule has 0 aromatic carbocycles. The zero-order chi connectivity index (χ0) is 10.6. The lowest BCUT2D eigenvalue weighted by atomic mass is 10.2. The first-order valence-corrected chi connectivity index (χ1v) is 5.68. The molecule has 0 saturated heterocycles. The van der Waals surface area contributed by atoms with Crippen LogP contribution >= 0.6 is 23.6 Å². The van der Waals surface area contributed by atoms with Crippen LogP contribution in [0.15, 0.2) is 0 Å². The van der Waals surface area contributed by atoms with Crippen molar-refractivity contribution in [3.63, 3.8) is 0 Å². The van der Waals surface area contributed by atoms with Gasteiger partial charge in [0.2, 0.25) is 0 Å². The average Bonchev–Trinajstić information content (AvgIpc) is 2.49. The molecule has 0 radical (unpaired) electrons. The predicted molar refractivity (Wildman–Crippen MR) is 62.7 cm³/mol. The Labute approximate surface area is 93.3 Å². The van der Waals surface area contributed by atoms with Crippen LogP contribution in [0.25, 0.3) is 0 Å². The van der Waals surface area contributed by atoms with Crippen molar-refractivity contribution in [2.75, 3.05) is 7.11 Å². The van der Waals surface area contributed by atoms with Crippen molar-refractivity contribution in [1.82, 2.24) is 4.98 Å². The number of ether oxygens (including phenoxy) is 1. The third-order valence-electron chi connectivity index (χ3n) is 1.72. The van der Waals surface area contributed by atoms with Crippen molar-refractivity contribution in [3.8, 4) is 0 Å². The fourth-order valence-corrected chi connectivity index (χ4v) is 2.36. The summed E-state index contributed by atoms with van der Waals surface area (Å²) in [5, 5.41) is 0.943. The van der Waals surface area contributed by atoms with Gasteiger partial charge in [-0.3, -0.25) is 0 Å². The van der Waals surface area contributed by atoms with E-state index in [0.717, 1.165) is 28.4 Å². The summed E-state index contributed by atoms with van der Waals surface area (Å²) in [6.07, 6.45) is 1.97. The van der Waals surface area contributed by atoms with E-state index in [2.05, 4.69) is 11.9 Å². The summed E-state index contributed by atoms with van der Waals surface area (Å²) < 4.78 is 5.02. The highest BCUT2D eigenvalue weighted by atomic mass is 32.1. The SMILES string of the molecule is CCCc1nc(COC)sc1C(N)=S. The van der Waals surface area contributed by atoms with E-state index in [4.69, 9.17) is 22.7 Å². The second-order valence-electron chi connectivity index (χ2n) is 2.93. The van der Waals surface area contributed by atoms with Crippen molar-refractivity contribution in [2.24, 2.45) is 5.73 Å². The summed E-state index contributed by atoms with van der Waals surface area (Å²) in [4.78, 5) is 5.81. The van der Waals surface area contributed by atoms with Crippen LogP contribution in [0.1, 0.15) is 28.9 Å². The third kappa shape index (κ3) is 2.73. The van der Waals surface area contributed by atoms with E-state index >= 15 is 0 Å². The van der Waals surface area contributed by atoms with Gasteiger partial charge in [0, 0.05) is 7.11 Å². The Morgan fingerprint density at radius 3 is 2.86 bits per heavy atom. The van der Waals surface area contributed by atoms with E-state index in [0.29, 0.717) is 11.6 Å². The molecule has 1 rings (SSSR count). The van der Waals surface area contributed by atoms with Crippen LogP contribution in [0.3, 0.4) is 0 Å². The van der Waals surface area contributed by atoms with Gasteiger partial charge in [-0.1, -0.05) is 25.6 Å². The van der Waals surface area contributed by atoms with Crippen LogP contribution in [0.5, 0.6) is 0 Å². The number of thiocarbonyl (C=S) groups is 1. The zero-order valence-corrected chi connectivity index (χ0v) is 10.0. The quantitative estimate of drug-likeness (QED) is 0.785. The molecule has 0 bridgehead atoms. The van der Waals surface area contributed by atoms with E-state index in [1.54, 1.807) is 7.11 Å². The maximum absolute atomic E-state index is 5.62. The van der Waals surface area contributed by atoms with Crippen molar-refractivity contribution < 1.29 is 4.74 Å². The molecule has 5 heteroatoms. The van der Waals surface area contributed by atoms with Crippen LogP contribution in [0.4, 0.5) is 0 Å². The second kappa shape index (κ2) is 5.38. The first kappa shape index (κ1) is 11.6. The fraction of sp³-hybridized carbons (Fsp3) is 0.556. The lowest BCUT2D eigenvalue weighted by Gasteiger charge is -1.96. The normalized spacial score (nSPS) is 10.4. The Kier molecular flexibility index (Phi) is 4.44. The molecular formula is C9H14N2OS2. The Morgan fingerprint density at radius 1 is 1.64 bits per heavy atom. The molecule has 0 aliphatic rings. The average molecular weight is 230 g/mol. The Bertz CT molecular complexity index is 323. The van der Waals surface area contributed by atoms with Crippen molar-refractivity contribution in [1.29, 1.82) is 0 Å². The molecule has 78 valence electrons. The maximum Gasteiger partial charge on any atom is 0.119 e. The molecule has 1 aromatic rings. The van der Waals surface area contributed by atoms with Crippen LogP contribution in [-0.2, 0) is 17.8 Å². The third-order valence-corrected chi connectivity index (χ3v) is 3.16. The highest BCUT2D eigenvalue weighted by Gasteiger charge is 2.12. The molecule has 0 aliphatic carbocycles. The standard InChI is InChI=1S/C9H14N2OS2/c1-3-4-6-8(9(10)13)14-7(11-6)5-12-2/h3-5H2,1-2H3,(H2,10,13). The molecule has 0 spiro atoms. The molecule has 1 aromatic heterocycles. The molecule has 0 amide bonds. The van der Waals surface area contributed by atoms with E-state index < -0.39 is 0 Å². The number of rotatable bonds is 5. The smallest absolute Gasteiger partial charge is 0.119 e. The summed E-state index contributed by atoms with van der Waals surface area (Å²) in [6, 6.07) is 0. The van der Waals surface area contributed by atoms with Crippen LogP contribution in [0, 0.1) is 0 Å². The number of methoxy groups -OCH3 is 1. The van der Waals surface area contributed by atoms with Gasteiger partial charge in [-0.25, -0.2) is 4.98 Å². The van der Waals surface area contributed by atoms with E-state index in [1.165, 1.54) is 11.3 Å². The zero-order valence-electron chi connectivity index (χ0n) is 8.37. The molecule has 0 aliphatic heterocycles. The van der Waals surface area contributed by atoms with Crippen molar-refractivity contribution in [2.45, 2.75) is 26.4 Å². The lowest BCUT2D eigenvalue weighted by Crippen LogP contribution is -2.09. The topological polar surface area (TPSA) is 48.1 Å². The van der Waals surface area contributed by atoms with Crippen LogP contribution in [0.2, 0.25) is 0 Å². The molecule has 0 atom stereocenters. The van der Waals surface area contributed by atoms with Crippen molar-refractivity contribution >= 4 is 28.5 Å². The molecule has 1 heterocycles. The van der Waals surface area contributed by atoms with Gasteiger partial charge in [-0.05, 0) is 6.42 Å². The summed E-state index contributed by atoms with van der Waals surface area (Å²) in [5.74, 6) is 0. The molecule has 0 saturated carbocycles. The van der Waals surface area contributed by atoms with E-state index in [9.17, 15) is 0 Å².